The van der Waals surface area contributed by atoms with Gasteiger partial charge in [0.25, 0.3) is 5.91 Å². The van der Waals surface area contributed by atoms with Crippen molar-refractivity contribution in [2.45, 2.75) is 5.92 Å². The number of ketones is 1. The molecular weight excluding hydrogens is 536 g/mol. The maximum absolute atomic E-state index is 13.3. The highest BCUT2D eigenvalue weighted by Gasteiger charge is 2.30. The van der Waals surface area contributed by atoms with E-state index in [1.165, 1.54) is 17.0 Å². The van der Waals surface area contributed by atoms with E-state index in [1.54, 1.807) is 60.3 Å². The van der Waals surface area contributed by atoms with Crippen LogP contribution in [0.2, 0.25) is 0 Å². The van der Waals surface area contributed by atoms with Gasteiger partial charge in [0.1, 0.15) is 5.92 Å². The predicted molar refractivity (Wildman–Crippen MR) is 162 cm³/mol. The highest BCUT2D eigenvalue weighted by atomic mass is 32.1. The van der Waals surface area contributed by atoms with Crippen molar-refractivity contribution in [2.75, 3.05) is 48.8 Å². The molecule has 0 aliphatic carbocycles. The molecule has 10 heteroatoms. The smallest absolute Gasteiger partial charge is 0.284 e. The van der Waals surface area contributed by atoms with Crippen LogP contribution < -0.4 is 15.5 Å². The van der Waals surface area contributed by atoms with Crippen LogP contribution in [0.15, 0.2) is 83.3 Å². The Balaban J connectivity index is 1.14. The van der Waals surface area contributed by atoms with Gasteiger partial charge in [-0.2, -0.15) is 0 Å². The average molecular weight is 565 g/mol. The third kappa shape index (κ3) is 5.79. The molecule has 4 aromatic rings. The van der Waals surface area contributed by atoms with Gasteiger partial charge in [-0.25, -0.2) is 4.98 Å². The first-order valence-electron chi connectivity index (χ1n) is 13.3. The number of carbonyl (C=O) groups excluding carboxylic acids is 3. The molecule has 1 unspecified atom stereocenters. The predicted octanol–water partition coefficient (Wildman–Crippen LogP) is 4.82. The highest BCUT2D eigenvalue weighted by Crippen LogP contribution is 2.33. The first-order valence-corrected chi connectivity index (χ1v) is 14.2. The van der Waals surface area contributed by atoms with Crippen molar-refractivity contribution in [3.8, 4) is 0 Å². The third-order valence-electron chi connectivity index (χ3n) is 7.29. The SMILES string of the molecule is CN1CCN(c2ccc(N=CC3C(=O)Nc4cc(C(=O)c5cccc(NC(=O)c6nccs6)c5)ccc43)cc2)CC1. The van der Waals surface area contributed by atoms with Gasteiger partial charge in [-0.15, -0.1) is 11.3 Å². The first-order chi connectivity index (χ1) is 19.9. The lowest BCUT2D eigenvalue weighted by Gasteiger charge is -2.34. The monoisotopic (exact) mass is 564 g/mol. The summed E-state index contributed by atoms with van der Waals surface area (Å²) in [7, 11) is 2.14. The molecule has 2 aliphatic rings. The standard InChI is InChI=1S/C31H28N6O3S/c1-36-12-14-37(15-13-36)24-8-6-22(7-9-24)33-19-26-25-10-5-21(18-27(25)35-29(26)39)28(38)20-3-2-4-23(17-20)34-30(40)31-32-11-16-41-31/h2-11,16-19,26H,12-15H2,1H3,(H,34,40)(H,35,39). The van der Waals surface area contributed by atoms with Gasteiger partial charge in [0.15, 0.2) is 10.8 Å². The van der Waals surface area contributed by atoms with Crippen molar-refractivity contribution in [1.29, 1.82) is 0 Å². The summed E-state index contributed by atoms with van der Waals surface area (Å²) in [4.78, 5) is 51.7. The van der Waals surface area contributed by atoms with Crippen LogP contribution in [0, 0.1) is 0 Å². The number of amides is 2. The molecule has 1 saturated heterocycles. The normalized spacial score (nSPS) is 17.0. The summed E-state index contributed by atoms with van der Waals surface area (Å²) in [6.07, 6.45) is 3.22. The number of fused-ring (bicyclic) bond motifs is 1. The van der Waals surface area contributed by atoms with Crippen molar-refractivity contribution >= 4 is 57.9 Å². The van der Waals surface area contributed by atoms with E-state index in [2.05, 4.69) is 49.6 Å². The minimum atomic E-state index is -0.545. The molecule has 0 bridgehead atoms. The fourth-order valence-electron chi connectivity index (χ4n) is 4.98. The van der Waals surface area contributed by atoms with Gasteiger partial charge in [0.05, 0.1) is 5.69 Å². The number of nitrogens with one attached hydrogen (secondary N) is 2. The number of thiazole rings is 1. The molecule has 2 aliphatic heterocycles. The van der Waals surface area contributed by atoms with Crippen LogP contribution in [0.3, 0.4) is 0 Å². The Kier molecular flexibility index (Phi) is 7.41. The van der Waals surface area contributed by atoms with E-state index in [4.69, 9.17) is 0 Å². The largest absolute Gasteiger partial charge is 0.369 e. The zero-order chi connectivity index (χ0) is 28.3. The quantitative estimate of drug-likeness (QED) is 0.246. The summed E-state index contributed by atoms with van der Waals surface area (Å²) in [5.41, 5.74) is 4.67. The Morgan fingerprint density at radius 2 is 1.80 bits per heavy atom. The molecule has 2 amide bonds. The van der Waals surface area contributed by atoms with Crippen molar-refractivity contribution in [2.24, 2.45) is 4.99 Å². The Labute approximate surface area is 241 Å². The third-order valence-corrected chi connectivity index (χ3v) is 8.06. The van der Waals surface area contributed by atoms with Gasteiger partial charge in [-0.1, -0.05) is 24.3 Å². The van der Waals surface area contributed by atoms with Gasteiger partial charge in [0, 0.05) is 72.2 Å². The summed E-state index contributed by atoms with van der Waals surface area (Å²) < 4.78 is 0. The van der Waals surface area contributed by atoms with E-state index in [-0.39, 0.29) is 17.6 Å². The second-order valence-electron chi connectivity index (χ2n) is 10.1. The van der Waals surface area contributed by atoms with Crippen LogP contribution >= 0.6 is 11.3 Å². The van der Waals surface area contributed by atoms with Crippen molar-refractivity contribution in [3.63, 3.8) is 0 Å². The summed E-state index contributed by atoms with van der Waals surface area (Å²) >= 11 is 1.24. The molecular formula is C31H28N6O3S. The zero-order valence-corrected chi connectivity index (χ0v) is 23.2. The maximum Gasteiger partial charge on any atom is 0.284 e. The number of anilines is 3. The van der Waals surface area contributed by atoms with E-state index in [9.17, 15) is 14.4 Å². The maximum atomic E-state index is 13.3. The van der Waals surface area contributed by atoms with Crippen molar-refractivity contribution in [1.82, 2.24) is 9.88 Å². The van der Waals surface area contributed by atoms with Gasteiger partial charge >= 0.3 is 0 Å². The molecule has 0 radical (unpaired) electrons. The first kappa shape index (κ1) is 26.5. The van der Waals surface area contributed by atoms with Gasteiger partial charge in [-0.05, 0) is 55.1 Å². The molecule has 3 heterocycles. The fourth-order valence-corrected chi connectivity index (χ4v) is 5.51. The minimum absolute atomic E-state index is 0.186. The number of nitrogens with zero attached hydrogens (tertiary/aromatic N) is 4. The number of aliphatic imine (C=N–C) groups is 1. The number of carbonyl (C=O) groups is 3. The van der Waals surface area contributed by atoms with Gasteiger partial charge < -0.3 is 20.4 Å². The number of hydrogen-bond donors (Lipinski definition) is 2. The molecule has 206 valence electrons. The highest BCUT2D eigenvalue weighted by molar-refractivity contribution is 7.11. The number of piperazine rings is 1. The van der Waals surface area contributed by atoms with Gasteiger partial charge in [0.2, 0.25) is 5.91 Å². The zero-order valence-electron chi connectivity index (χ0n) is 22.4. The van der Waals surface area contributed by atoms with Crippen LogP contribution in [0.5, 0.6) is 0 Å². The molecule has 2 N–H and O–H groups in total. The fraction of sp³-hybridized carbons (Fsp3) is 0.194. The Bertz CT molecular complexity index is 1630. The van der Waals surface area contributed by atoms with E-state index < -0.39 is 5.92 Å². The molecule has 0 saturated carbocycles. The number of hydrogen-bond acceptors (Lipinski definition) is 8. The lowest BCUT2D eigenvalue weighted by atomic mass is 9.97. The van der Waals surface area contributed by atoms with Crippen molar-refractivity contribution < 1.29 is 14.4 Å². The summed E-state index contributed by atoms with van der Waals surface area (Å²) in [5, 5.41) is 7.73. The number of rotatable bonds is 7. The number of aromatic nitrogens is 1. The second kappa shape index (κ2) is 11.4. The Morgan fingerprint density at radius 3 is 2.56 bits per heavy atom. The van der Waals surface area contributed by atoms with Gasteiger partial charge in [-0.3, -0.25) is 19.4 Å². The van der Waals surface area contributed by atoms with Crippen LogP contribution in [0.1, 0.15) is 37.2 Å². The van der Waals surface area contributed by atoms with E-state index in [0.717, 1.165) is 37.4 Å². The summed E-state index contributed by atoms with van der Waals surface area (Å²) in [5.74, 6) is -1.28. The Hall–Kier alpha value is -4.67. The minimum Gasteiger partial charge on any atom is -0.369 e. The van der Waals surface area contributed by atoms with Crippen LogP contribution in [0.4, 0.5) is 22.7 Å². The van der Waals surface area contributed by atoms with Crippen LogP contribution in [-0.2, 0) is 4.79 Å². The summed E-state index contributed by atoms with van der Waals surface area (Å²) in [6, 6.07) is 20.0. The van der Waals surface area contributed by atoms with E-state index in [0.29, 0.717) is 27.5 Å². The topological polar surface area (TPSA) is 107 Å². The van der Waals surface area contributed by atoms with Crippen LogP contribution in [-0.4, -0.2) is 66.9 Å². The molecule has 1 fully saturated rings. The van der Waals surface area contributed by atoms with E-state index in [1.807, 2.05) is 12.1 Å². The second-order valence-corrected chi connectivity index (χ2v) is 10.9. The molecule has 1 aromatic heterocycles. The summed E-state index contributed by atoms with van der Waals surface area (Å²) in [6.45, 7) is 4.08. The molecule has 1 atom stereocenters. The molecule has 0 spiro atoms. The Morgan fingerprint density at radius 1 is 1.02 bits per heavy atom. The molecule has 6 rings (SSSR count). The molecule has 9 nitrogen and oxygen atoms in total. The number of benzene rings is 3. The van der Waals surface area contributed by atoms with E-state index >= 15 is 0 Å². The van der Waals surface area contributed by atoms with Crippen LogP contribution in [0.25, 0.3) is 0 Å². The lowest BCUT2D eigenvalue weighted by molar-refractivity contribution is -0.115. The average Bonchev–Trinajstić information content (AvgIpc) is 3.64. The van der Waals surface area contributed by atoms with Crippen molar-refractivity contribution in [3.05, 3.63) is 100 Å². The number of likely N-dealkylation sites (N-methyl/N-ethyl adjacent to an activating group) is 1. The molecule has 3 aromatic carbocycles. The molecule has 41 heavy (non-hydrogen) atoms. The lowest BCUT2D eigenvalue weighted by Crippen LogP contribution is -2.44.